The van der Waals surface area contributed by atoms with Crippen molar-refractivity contribution in [3.8, 4) is 0 Å². The molecule has 0 radical (unpaired) electrons. The largest absolute Gasteiger partial charge is 0.287 e. The van der Waals surface area contributed by atoms with Crippen molar-refractivity contribution in [3.05, 3.63) is 28.5 Å². The third-order valence-corrected chi connectivity index (χ3v) is 4.57. The lowest BCUT2D eigenvalue weighted by atomic mass is 10.0. The van der Waals surface area contributed by atoms with Crippen molar-refractivity contribution in [2.45, 2.75) is 25.7 Å². The van der Waals surface area contributed by atoms with Crippen LogP contribution in [0.3, 0.4) is 0 Å². The molecule has 6 heteroatoms. The molecule has 0 spiro atoms. The van der Waals surface area contributed by atoms with E-state index in [-0.39, 0.29) is 27.5 Å². The minimum Gasteiger partial charge on any atom is -0.287 e. The number of halogens is 3. The van der Waals surface area contributed by atoms with Gasteiger partial charge >= 0.3 is 0 Å². The summed E-state index contributed by atoms with van der Waals surface area (Å²) in [5.41, 5.74) is -0.279. The highest BCUT2D eigenvalue weighted by atomic mass is 35.5. The molecule has 19 heavy (non-hydrogen) atoms. The van der Waals surface area contributed by atoms with E-state index in [2.05, 4.69) is 0 Å². The average molecular weight is 323 g/mol. The van der Waals surface area contributed by atoms with E-state index in [4.69, 9.17) is 23.2 Å². The molecular weight excluding hydrogens is 310 g/mol. The van der Waals surface area contributed by atoms with E-state index in [0.717, 1.165) is 17.8 Å². The number of carbonyl (C=O) groups excluding carboxylic acids is 2. The molecule has 0 aliphatic rings. The Kier molecular flexibility index (Phi) is 5.83. The summed E-state index contributed by atoms with van der Waals surface area (Å²) in [6.07, 6.45) is 0. The zero-order valence-corrected chi connectivity index (χ0v) is 13.0. The maximum Gasteiger partial charge on any atom is 0.255 e. The maximum atomic E-state index is 13.4. The molecule has 1 aromatic carbocycles. The molecule has 0 aliphatic heterocycles. The molecule has 0 bridgehead atoms. The highest BCUT2D eigenvalue weighted by Crippen LogP contribution is 2.33. The monoisotopic (exact) mass is 322 g/mol. The van der Waals surface area contributed by atoms with Crippen LogP contribution in [0.25, 0.3) is 0 Å². The predicted molar refractivity (Wildman–Crippen MR) is 76.5 cm³/mol. The van der Waals surface area contributed by atoms with Gasteiger partial charge in [0.1, 0.15) is 5.82 Å². The summed E-state index contributed by atoms with van der Waals surface area (Å²) in [6, 6.07) is 2.20. The van der Waals surface area contributed by atoms with Gasteiger partial charge in [-0.15, -0.1) is 0 Å². The zero-order valence-electron chi connectivity index (χ0n) is 10.7. The molecule has 0 saturated heterocycles. The van der Waals surface area contributed by atoms with Crippen LogP contribution in [0.15, 0.2) is 17.0 Å². The molecule has 1 atom stereocenters. The van der Waals surface area contributed by atoms with Crippen LogP contribution < -0.4 is 0 Å². The summed E-state index contributed by atoms with van der Waals surface area (Å²) >= 11 is 12.0. The van der Waals surface area contributed by atoms with Crippen molar-refractivity contribution < 1.29 is 14.0 Å². The smallest absolute Gasteiger partial charge is 0.255 e. The predicted octanol–water partition coefficient (Wildman–Crippen LogP) is 4.77. The molecule has 0 amide bonds. The van der Waals surface area contributed by atoms with Crippen LogP contribution in [0.5, 0.6) is 0 Å². The van der Waals surface area contributed by atoms with Crippen molar-refractivity contribution in [1.82, 2.24) is 0 Å². The van der Waals surface area contributed by atoms with Crippen LogP contribution in [0, 0.1) is 17.7 Å². The highest BCUT2D eigenvalue weighted by Gasteiger charge is 2.21. The third-order valence-electron chi connectivity index (χ3n) is 2.82. The van der Waals surface area contributed by atoms with Crippen LogP contribution in [0.4, 0.5) is 4.39 Å². The molecule has 2 nitrogen and oxygen atoms in total. The first-order valence-electron chi connectivity index (χ1n) is 5.64. The van der Waals surface area contributed by atoms with Crippen LogP contribution in [0.1, 0.15) is 31.1 Å². The average Bonchev–Trinajstić information content (AvgIpc) is 2.30. The van der Waals surface area contributed by atoms with Gasteiger partial charge in [-0.05, 0) is 29.7 Å². The molecule has 0 heterocycles. The molecule has 0 N–H and O–H groups in total. The Bertz CT molecular complexity index is 518. The molecule has 1 unspecified atom stereocenters. The first kappa shape index (κ1) is 16.5. The molecule has 0 aliphatic carbocycles. The number of thioether (sulfide) groups is 1. The first-order valence-corrected chi connectivity index (χ1v) is 7.21. The van der Waals surface area contributed by atoms with Gasteiger partial charge in [0.05, 0.1) is 10.6 Å². The third kappa shape index (κ3) is 4.20. The summed E-state index contributed by atoms with van der Waals surface area (Å²) in [6.45, 7) is 5.68. The maximum absolute atomic E-state index is 13.4. The van der Waals surface area contributed by atoms with Crippen LogP contribution >= 0.6 is 35.0 Å². The van der Waals surface area contributed by atoms with Crippen molar-refractivity contribution >= 4 is 45.3 Å². The SMILES string of the molecule is CC(C)C(C)C(=O)Sc1cc(C(=O)Cl)c(F)cc1Cl. The standard InChI is InChI=1S/C13H13Cl2FO2S/c1-6(2)7(3)13(18)19-11-4-8(12(15)17)10(16)5-9(11)14/h4-7H,1-3H3. The fourth-order valence-electron chi connectivity index (χ4n) is 1.23. The van der Waals surface area contributed by atoms with Crippen molar-refractivity contribution in [3.63, 3.8) is 0 Å². The number of hydrogen-bond acceptors (Lipinski definition) is 3. The second kappa shape index (κ2) is 6.73. The van der Waals surface area contributed by atoms with Crippen molar-refractivity contribution in [1.29, 1.82) is 0 Å². The Hall–Kier alpha value is -0.580. The molecule has 0 aromatic heterocycles. The molecular formula is C13H13Cl2FO2S. The first-order chi connectivity index (χ1) is 8.73. The quantitative estimate of drug-likeness (QED) is 0.591. The Labute approximate surface area is 125 Å². The van der Waals surface area contributed by atoms with Gasteiger partial charge in [-0.1, -0.05) is 44.1 Å². The molecule has 0 fully saturated rings. The van der Waals surface area contributed by atoms with Gasteiger partial charge in [-0.2, -0.15) is 0 Å². The fourth-order valence-corrected chi connectivity index (χ4v) is 2.65. The van der Waals surface area contributed by atoms with Crippen LogP contribution in [0.2, 0.25) is 5.02 Å². The van der Waals surface area contributed by atoms with E-state index >= 15 is 0 Å². The Morgan fingerprint density at radius 2 is 1.84 bits per heavy atom. The molecule has 0 saturated carbocycles. The second-order valence-corrected chi connectivity index (χ2v) is 6.29. The van der Waals surface area contributed by atoms with E-state index < -0.39 is 11.1 Å². The van der Waals surface area contributed by atoms with Crippen LogP contribution in [-0.2, 0) is 4.79 Å². The highest BCUT2D eigenvalue weighted by molar-refractivity contribution is 8.13. The van der Waals surface area contributed by atoms with Crippen molar-refractivity contribution in [2.75, 3.05) is 0 Å². The lowest BCUT2D eigenvalue weighted by Gasteiger charge is -2.14. The van der Waals surface area contributed by atoms with Gasteiger partial charge in [-0.25, -0.2) is 4.39 Å². The number of carbonyl (C=O) groups is 2. The van der Waals surface area contributed by atoms with Gasteiger partial charge in [0, 0.05) is 10.8 Å². The second-order valence-electron chi connectivity index (χ2n) is 4.49. The molecule has 1 aromatic rings. The van der Waals surface area contributed by atoms with E-state index in [1.54, 1.807) is 0 Å². The van der Waals surface area contributed by atoms with Crippen molar-refractivity contribution in [2.24, 2.45) is 11.8 Å². The summed E-state index contributed by atoms with van der Waals surface area (Å²) < 4.78 is 13.4. The Morgan fingerprint density at radius 3 is 2.32 bits per heavy atom. The van der Waals surface area contributed by atoms with Gasteiger partial charge in [-0.3, -0.25) is 9.59 Å². The molecule has 104 valence electrons. The minimum atomic E-state index is -0.916. The van der Waals surface area contributed by atoms with Crippen LogP contribution in [-0.4, -0.2) is 10.4 Å². The van der Waals surface area contributed by atoms with Gasteiger partial charge in [0.25, 0.3) is 5.24 Å². The minimum absolute atomic E-state index is 0.0866. The lowest BCUT2D eigenvalue weighted by Crippen LogP contribution is -2.13. The number of hydrogen-bond donors (Lipinski definition) is 0. The van der Waals surface area contributed by atoms with E-state index in [0.29, 0.717) is 4.90 Å². The molecule has 1 rings (SSSR count). The Morgan fingerprint density at radius 1 is 1.26 bits per heavy atom. The number of rotatable bonds is 4. The van der Waals surface area contributed by atoms with Gasteiger partial charge < -0.3 is 0 Å². The van der Waals surface area contributed by atoms with E-state index in [1.165, 1.54) is 6.07 Å². The lowest BCUT2D eigenvalue weighted by molar-refractivity contribution is -0.114. The Balaban J connectivity index is 3.05. The van der Waals surface area contributed by atoms with Gasteiger partial charge in [0.2, 0.25) is 0 Å². The zero-order chi connectivity index (χ0) is 14.7. The summed E-state index contributed by atoms with van der Waals surface area (Å²) in [4.78, 5) is 23.3. The summed E-state index contributed by atoms with van der Waals surface area (Å²) in [5.74, 6) is -0.770. The van der Waals surface area contributed by atoms with Gasteiger partial charge in [0.15, 0.2) is 5.12 Å². The topological polar surface area (TPSA) is 34.1 Å². The van der Waals surface area contributed by atoms with E-state index in [1.807, 2.05) is 20.8 Å². The number of benzene rings is 1. The fraction of sp³-hybridized carbons (Fsp3) is 0.385. The summed E-state index contributed by atoms with van der Waals surface area (Å²) in [7, 11) is 0. The normalized spacial score (nSPS) is 12.6. The summed E-state index contributed by atoms with van der Waals surface area (Å²) in [5, 5.41) is -0.912. The van der Waals surface area contributed by atoms with E-state index in [9.17, 15) is 14.0 Å².